The molecule has 1 aromatic carbocycles. The number of hydrogen-bond donors (Lipinski definition) is 1. The molecule has 122 valence electrons. The third-order valence-electron chi connectivity index (χ3n) is 3.39. The van der Waals surface area contributed by atoms with E-state index in [4.69, 9.17) is 4.74 Å². The summed E-state index contributed by atoms with van der Waals surface area (Å²) in [6.45, 7) is 3.71. The van der Waals surface area contributed by atoms with E-state index in [0.717, 1.165) is 0 Å². The molecule has 0 saturated carbocycles. The Morgan fingerprint density at radius 1 is 1.48 bits per heavy atom. The van der Waals surface area contributed by atoms with Crippen molar-refractivity contribution in [2.45, 2.75) is 20.4 Å². The van der Waals surface area contributed by atoms with Gasteiger partial charge in [0.2, 0.25) is 5.91 Å². The Bertz CT molecular complexity index is 726. The minimum Gasteiger partial charge on any atom is -0.497 e. The van der Waals surface area contributed by atoms with E-state index in [1.165, 1.54) is 10.7 Å². The first-order valence-corrected chi connectivity index (χ1v) is 7.04. The number of rotatable bonds is 6. The SMILES string of the molecule is COc1cccc(NC(=O)C(C)Cn2nc([N+](=O)[O-])cc2C)c1. The molecule has 23 heavy (non-hydrogen) atoms. The van der Waals surface area contributed by atoms with Crippen LogP contribution in [0.5, 0.6) is 5.75 Å². The maximum Gasteiger partial charge on any atom is 0.390 e. The van der Waals surface area contributed by atoms with Crippen LogP contribution in [0.2, 0.25) is 0 Å². The van der Waals surface area contributed by atoms with Gasteiger partial charge in [-0.1, -0.05) is 13.0 Å². The van der Waals surface area contributed by atoms with E-state index < -0.39 is 10.8 Å². The fraction of sp³-hybridized carbons (Fsp3) is 0.333. The van der Waals surface area contributed by atoms with E-state index in [9.17, 15) is 14.9 Å². The highest BCUT2D eigenvalue weighted by Gasteiger charge is 2.20. The van der Waals surface area contributed by atoms with Gasteiger partial charge in [-0.05, 0) is 24.0 Å². The van der Waals surface area contributed by atoms with Gasteiger partial charge in [-0.15, -0.1) is 0 Å². The standard InChI is InChI=1S/C15H18N4O4/c1-10(9-18-11(2)7-14(17-18)19(21)22)15(20)16-12-5-4-6-13(8-12)23-3/h4-8,10H,9H2,1-3H3,(H,16,20). The van der Waals surface area contributed by atoms with Crippen molar-refractivity contribution in [3.05, 3.63) is 46.1 Å². The summed E-state index contributed by atoms with van der Waals surface area (Å²) in [5, 5.41) is 17.4. The van der Waals surface area contributed by atoms with E-state index in [0.29, 0.717) is 17.1 Å². The molecule has 1 unspecified atom stereocenters. The second-order valence-electron chi connectivity index (χ2n) is 5.21. The Labute approximate surface area is 133 Å². The number of aromatic nitrogens is 2. The number of carbonyl (C=O) groups is 1. The fourth-order valence-electron chi connectivity index (χ4n) is 2.08. The average Bonchev–Trinajstić information content (AvgIpc) is 2.88. The maximum absolute atomic E-state index is 12.2. The number of nitro groups is 1. The number of aryl methyl sites for hydroxylation is 1. The van der Waals surface area contributed by atoms with Gasteiger partial charge < -0.3 is 20.2 Å². The van der Waals surface area contributed by atoms with E-state index in [-0.39, 0.29) is 18.3 Å². The lowest BCUT2D eigenvalue weighted by Crippen LogP contribution is -2.25. The van der Waals surface area contributed by atoms with Crippen molar-refractivity contribution in [1.29, 1.82) is 0 Å². The number of hydrogen-bond acceptors (Lipinski definition) is 5. The zero-order valence-electron chi connectivity index (χ0n) is 13.1. The van der Waals surface area contributed by atoms with Crippen LogP contribution in [0.4, 0.5) is 11.5 Å². The molecule has 0 aliphatic carbocycles. The van der Waals surface area contributed by atoms with Gasteiger partial charge in [0, 0.05) is 11.8 Å². The molecule has 0 aliphatic rings. The van der Waals surface area contributed by atoms with E-state index in [1.54, 1.807) is 45.2 Å². The molecule has 1 heterocycles. The molecule has 0 saturated heterocycles. The number of carbonyl (C=O) groups excluding carboxylic acids is 1. The maximum atomic E-state index is 12.2. The molecule has 2 aromatic rings. The summed E-state index contributed by atoms with van der Waals surface area (Å²) in [6, 6.07) is 8.42. The van der Waals surface area contributed by atoms with Crippen molar-refractivity contribution in [3.8, 4) is 5.75 Å². The largest absolute Gasteiger partial charge is 0.497 e. The summed E-state index contributed by atoms with van der Waals surface area (Å²) in [6.07, 6.45) is 0. The number of anilines is 1. The molecule has 1 aromatic heterocycles. The molecule has 0 aliphatic heterocycles. The van der Waals surface area contributed by atoms with Gasteiger partial charge in [-0.3, -0.25) is 4.79 Å². The number of nitrogens with one attached hydrogen (secondary N) is 1. The van der Waals surface area contributed by atoms with Crippen LogP contribution in [0.3, 0.4) is 0 Å². The highest BCUT2D eigenvalue weighted by molar-refractivity contribution is 5.92. The van der Waals surface area contributed by atoms with Crippen molar-refractivity contribution in [3.63, 3.8) is 0 Å². The molecule has 0 spiro atoms. The normalized spacial score (nSPS) is 11.8. The van der Waals surface area contributed by atoms with Crippen molar-refractivity contribution < 1.29 is 14.5 Å². The molecule has 0 fully saturated rings. The third kappa shape index (κ3) is 4.06. The van der Waals surface area contributed by atoms with Crippen molar-refractivity contribution in [2.24, 2.45) is 5.92 Å². The van der Waals surface area contributed by atoms with Crippen LogP contribution in [0, 0.1) is 23.0 Å². The Hall–Kier alpha value is -2.90. The summed E-state index contributed by atoms with van der Waals surface area (Å²) in [7, 11) is 1.55. The predicted octanol–water partition coefficient (Wildman–Crippen LogP) is 2.38. The topological polar surface area (TPSA) is 99.3 Å². The number of amides is 1. The van der Waals surface area contributed by atoms with Crippen molar-refractivity contribution in [1.82, 2.24) is 9.78 Å². The molecule has 1 amide bonds. The summed E-state index contributed by atoms with van der Waals surface area (Å²) in [5.41, 5.74) is 1.27. The van der Waals surface area contributed by atoms with Gasteiger partial charge >= 0.3 is 5.82 Å². The Morgan fingerprint density at radius 3 is 2.83 bits per heavy atom. The Morgan fingerprint density at radius 2 is 2.22 bits per heavy atom. The van der Waals surface area contributed by atoms with E-state index in [2.05, 4.69) is 10.4 Å². The molecule has 8 nitrogen and oxygen atoms in total. The zero-order valence-corrected chi connectivity index (χ0v) is 13.1. The first-order valence-electron chi connectivity index (χ1n) is 7.04. The van der Waals surface area contributed by atoms with Crippen LogP contribution >= 0.6 is 0 Å². The minimum absolute atomic E-state index is 0.198. The number of methoxy groups -OCH3 is 1. The van der Waals surface area contributed by atoms with E-state index >= 15 is 0 Å². The van der Waals surface area contributed by atoms with Gasteiger partial charge in [0.1, 0.15) is 5.75 Å². The molecule has 2 rings (SSSR count). The summed E-state index contributed by atoms with van der Waals surface area (Å²) >= 11 is 0. The molecule has 0 bridgehead atoms. The summed E-state index contributed by atoms with van der Waals surface area (Å²) in [4.78, 5) is 22.4. The first-order chi connectivity index (χ1) is 10.9. The molecule has 8 heteroatoms. The van der Waals surface area contributed by atoms with Crippen molar-refractivity contribution in [2.75, 3.05) is 12.4 Å². The summed E-state index contributed by atoms with van der Waals surface area (Å²) < 4.78 is 6.57. The zero-order chi connectivity index (χ0) is 17.0. The first kappa shape index (κ1) is 16.5. The molecule has 0 radical (unpaired) electrons. The minimum atomic E-state index is -0.551. The quantitative estimate of drug-likeness (QED) is 0.651. The third-order valence-corrected chi connectivity index (χ3v) is 3.39. The molecular weight excluding hydrogens is 300 g/mol. The van der Waals surface area contributed by atoms with Crippen LogP contribution in [0.25, 0.3) is 0 Å². The molecule has 1 N–H and O–H groups in total. The second kappa shape index (κ2) is 6.91. The van der Waals surface area contributed by atoms with Crippen LogP contribution < -0.4 is 10.1 Å². The van der Waals surface area contributed by atoms with Gasteiger partial charge in [0.25, 0.3) is 0 Å². The predicted molar refractivity (Wildman–Crippen MR) is 84.4 cm³/mol. The lowest BCUT2D eigenvalue weighted by atomic mass is 10.1. The van der Waals surface area contributed by atoms with Gasteiger partial charge in [-0.2, -0.15) is 4.68 Å². The Balaban J connectivity index is 2.03. The van der Waals surface area contributed by atoms with E-state index in [1.807, 2.05) is 0 Å². The van der Waals surface area contributed by atoms with Crippen LogP contribution in [-0.2, 0) is 11.3 Å². The number of nitrogens with zero attached hydrogens (tertiary/aromatic N) is 3. The van der Waals surface area contributed by atoms with Crippen LogP contribution in [0.15, 0.2) is 30.3 Å². The lowest BCUT2D eigenvalue weighted by Gasteiger charge is -2.12. The molecule has 1 atom stereocenters. The number of ether oxygens (including phenoxy) is 1. The smallest absolute Gasteiger partial charge is 0.390 e. The van der Waals surface area contributed by atoms with Crippen LogP contribution in [-0.4, -0.2) is 27.7 Å². The van der Waals surface area contributed by atoms with Crippen LogP contribution in [0.1, 0.15) is 12.6 Å². The Kier molecular flexibility index (Phi) is 4.95. The highest BCUT2D eigenvalue weighted by Crippen LogP contribution is 2.18. The fourth-order valence-corrected chi connectivity index (χ4v) is 2.08. The second-order valence-corrected chi connectivity index (χ2v) is 5.21. The molecular formula is C15H18N4O4. The average molecular weight is 318 g/mol. The lowest BCUT2D eigenvalue weighted by molar-refractivity contribution is -0.389. The van der Waals surface area contributed by atoms with Gasteiger partial charge in [0.15, 0.2) is 0 Å². The van der Waals surface area contributed by atoms with Gasteiger partial charge in [0.05, 0.1) is 36.4 Å². The summed E-state index contributed by atoms with van der Waals surface area (Å²) in [5.74, 6) is -0.174. The monoisotopic (exact) mass is 318 g/mol. The highest BCUT2D eigenvalue weighted by atomic mass is 16.6. The number of benzene rings is 1. The van der Waals surface area contributed by atoms with Crippen molar-refractivity contribution >= 4 is 17.4 Å². The van der Waals surface area contributed by atoms with Gasteiger partial charge in [-0.25, -0.2) is 0 Å².